The highest BCUT2D eigenvalue weighted by Gasteiger charge is 2.19. The first kappa shape index (κ1) is 31.7. The summed E-state index contributed by atoms with van der Waals surface area (Å²) in [6.45, 7) is 19.8. The van der Waals surface area contributed by atoms with Crippen LogP contribution in [0.2, 0.25) is 0 Å². The molecule has 0 saturated carbocycles. The predicted molar refractivity (Wildman–Crippen MR) is 138 cm³/mol. The second-order valence-electron chi connectivity index (χ2n) is 6.86. The van der Waals surface area contributed by atoms with Gasteiger partial charge < -0.3 is 9.80 Å². The second kappa shape index (κ2) is 19.2. The largest absolute Gasteiger partial charge is 0.310 e. The van der Waals surface area contributed by atoms with Crippen LogP contribution >= 0.6 is 0 Å². The summed E-state index contributed by atoms with van der Waals surface area (Å²) < 4.78 is 13.5. The third kappa shape index (κ3) is 11.2. The lowest BCUT2D eigenvalue weighted by Crippen LogP contribution is -2.31. The lowest BCUT2D eigenvalue weighted by atomic mass is 10.1. The third-order valence-electron chi connectivity index (χ3n) is 4.47. The Hall–Kier alpha value is -2.53. The number of benzene rings is 1. The second-order valence-corrected chi connectivity index (χ2v) is 6.86. The van der Waals surface area contributed by atoms with Gasteiger partial charge in [-0.25, -0.2) is 4.39 Å². The number of aryl methyl sites for hydroxylation is 2. The zero-order valence-corrected chi connectivity index (χ0v) is 21.5. The summed E-state index contributed by atoms with van der Waals surface area (Å²) in [6.07, 6.45) is 4.09. The Morgan fingerprint density at radius 1 is 1.00 bits per heavy atom. The van der Waals surface area contributed by atoms with Gasteiger partial charge in [-0.2, -0.15) is 0 Å². The van der Waals surface area contributed by atoms with Gasteiger partial charge in [-0.05, 0) is 76.3 Å². The van der Waals surface area contributed by atoms with Gasteiger partial charge in [-0.1, -0.05) is 41.0 Å². The number of halogens is 1. The number of pyridine rings is 1. The van der Waals surface area contributed by atoms with Crippen LogP contribution in [-0.4, -0.2) is 43.0 Å². The fourth-order valence-electron chi connectivity index (χ4n) is 2.67. The van der Waals surface area contributed by atoms with Crippen molar-refractivity contribution in [2.45, 2.75) is 60.8 Å². The van der Waals surface area contributed by atoms with Crippen molar-refractivity contribution in [3.8, 4) is 0 Å². The number of hydrogen-bond donors (Lipinski definition) is 0. The van der Waals surface area contributed by atoms with E-state index in [2.05, 4.69) is 44.1 Å². The number of anilines is 1. The molecule has 0 aliphatic heterocycles. The van der Waals surface area contributed by atoms with Crippen LogP contribution in [0.25, 0.3) is 0 Å². The van der Waals surface area contributed by atoms with Gasteiger partial charge in [0.25, 0.3) is 5.91 Å². The van der Waals surface area contributed by atoms with Gasteiger partial charge >= 0.3 is 0 Å². The van der Waals surface area contributed by atoms with E-state index in [0.29, 0.717) is 12.1 Å². The topological polar surface area (TPSA) is 36.4 Å². The average Bonchev–Trinajstić information content (AvgIpc) is 2.83. The Balaban J connectivity index is 0. The first-order valence-corrected chi connectivity index (χ1v) is 11.6. The Labute approximate surface area is 196 Å². The van der Waals surface area contributed by atoms with E-state index in [0.717, 1.165) is 42.8 Å². The van der Waals surface area contributed by atoms with Crippen molar-refractivity contribution in [2.24, 2.45) is 0 Å². The average molecular weight is 446 g/mol. The Bertz CT molecular complexity index is 762. The lowest BCUT2D eigenvalue weighted by molar-refractivity contribution is 0.0988. The normalized spacial score (nSPS) is 9.44. The quantitative estimate of drug-likeness (QED) is 0.440. The molecule has 0 aliphatic rings. The molecule has 2 rings (SSSR count). The van der Waals surface area contributed by atoms with Gasteiger partial charge in [0, 0.05) is 29.7 Å². The minimum atomic E-state index is -0.266. The SMILES string of the molecule is C=C.CC.CCCc1cc(F)ccc1N(CC)C(=O)c1ccnc(CC)c1.CCN(C)C. The molecule has 0 atom stereocenters. The molecule has 4 nitrogen and oxygen atoms in total. The molecule has 0 N–H and O–H groups in total. The zero-order valence-electron chi connectivity index (χ0n) is 21.5. The molecule has 5 heteroatoms. The van der Waals surface area contributed by atoms with Gasteiger partial charge in [0.2, 0.25) is 0 Å². The Morgan fingerprint density at radius 3 is 2.06 bits per heavy atom. The number of carbonyl (C=O) groups is 1. The highest BCUT2D eigenvalue weighted by Crippen LogP contribution is 2.25. The van der Waals surface area contributed by atoms with Gasteiger partial charge in [0.05, 0.1) is 0 Å². The molecule has 0 saturated heterocycles. The van der Waals surface area contributed by atoms with Crippen molar-refractivity contribution in [1.82, 2.24) is 9.88 Å². The van der Waals surface area contributed by atoms with Gasteiger partial charge in [0.1, 0.15) is 5.82 Å². The Morgan fingerprint density at radius 2 is 1.59 bits per heavy atom. The molecule has 0 aliphatic carbocycles. The molecular formula is C27H44FN3O. The van der Waals surface area contributed by atoms with Crippen LogP contribution in [0.3, 0.4) is 0 Å². The fourth-order valence-corrected chi connectivity index (χ4v) is 2.67. The molecule has 1 amide bonds. The van der Waals surface area contributed by atoms with E-state index in [4.69, 9.17) is 0 Å². The number of rotatable bonds is 7. The maximum Gasteiger partial charge on any atom is 0.258 e. The summed E-state index contributed by atoms with van der Waals surface area (Å²) >= 11 is 0. The molecule has 180 valence electrons. The third-order valence-corrected chi connectivity index (χ3v) is 4.47. The number of hydrogen-bond acceptors (Lipinski definition) is 3. The van der Waals surface area contributed by atoms with Crippen molar-refractivity contribution < 1.29 is 9.18 Å². The summed E-state index contributed by atoms with van der Waals surface area (Å²) in [5.41, 5.74) is 3.16. The number of aromatic nitrogens is 1. The van der Waals surface area contributed by atoms with Crippen molar-refractivity contribution in [3.63, 3.8) is 0 Å². The van der Waals surface area contributed by atoms with Crippen LogP contribution in [0.4, 0.5) is 10.1 Å². The number of amides is 1. The molecule has 1 heterocycles. The molecule has 0 bridgehead atoms. The van der Waals surface area contributed by atoms with Crippen LogP contribution in [0.15, 0.2) is 49.7 Å². The first-order chi connectivity index (χ1) is 15.4. The van der Waals surface area contributed by atoms with E-state index in [1.165, 1.54) is 12.1 Å². The summed E-state index contributed by atoms with van der Waals surface area (Å²) in [5.74, 6) is -0.341. The van der Waals surface area contributed by atoms with Crippen molar-refractivity contribution in [3.05, 3.63) is 72.3 Å². The van der Waals surface area contributed by atoms with E-state index < -0.39 is 0 Å². The van der Waals surface area contributed by atoms with E-state index >= 15 is 0 Å². The lowest BCUT2D eigenvalue weighted by Gasteiger charge is -2.24. The molecule has 1 aromatic heterocycles. The van der Waals surface area contributed by atoms with Crippen molar-refractivity contribution in [2.75, 3.05) is 32.1 Å². The minimum absolute atomic E-state index is 0.0754. The zero-order chi connectivity index (χ0) is 25.1. The number of carbonyl (C=O) groups excluding carboxylic acids is 1. The maximum atomic E-state index is 13.5. The molecular weight excluding hydrogens is 401 g/mol. The predicted octanol–water partition coefficient (Wildman–Crippen LogP) is 6.80. The van der Waals surface area contributed by atoms with E-state index in [1.807, 2.05) is 40.7 Å². The smallest absolute Gasteiger partial charge is 0.258 e. The van der Waals surface area contributed by atoms with E-state index in [1.54, 1.807) is 23.2 Å². The van der Waals surface area contributed by atoms with Crippen molar-refractivity contribution in [1.29, 1.82) is 0 Å². The monoisotopic (exact) mass is 445 g/mol. The van der Waals surface area contributed by atoms with Crippen molar-refractivity contribution >= 4 is 11.6 Å². The van der Waals surface area contributed by atoms with Crippen LogP contribution in [-0.2, 0) is 12.8 Å². The fraction of sp³-hybridized carbons (Fsp3) is 0.481. The van der Waals surface area contributed by atoms with Crippen LogP contribution in [0.1, 0.15) is 69.6 Å². The standard InChI is InChI=1S/C19H23FN2O.C4H11N.C2H6.C2H4/c1-4-7-14-12-16(20)8-9-18(14)22(6-3)19(23)15-10-11-21-17(5-2)13-15;1-4-5(2)3;2*1-2/h8-13H,4-7H2,1-3H3;4H2,1-3H3;1-2H3;1-2H2. The first-order valence-electron chi connectivity index (χ1n) is 11.6. The summed E-state index contributed by atoms with van der Waals surface area (Å²) in [5, 5.41) is 0. The maximum absolute atomic E-state index is 13.5. The summed E-state index contributed by atoms with van der Waals surface area (Å²) in [6, 6.07) is 8.19. The van der Waals surface area contributed by atoms with E-state index in [9.17, 15) is 9.18 Å². The molecule has 0 unspecified atom stereocenters. The molecule has 0 radical (unpaired) electrons. The molecule has 0 fully saturated rings. The van der Waals surface area contributed by atoms with Gasteiger partial charge in [0.15, 0.2) is 0 Å². The number of nitrogens with zero attached hydrogens (tertiary/aromatic N) is 3. The van der Waals surface area contributed by atoms with Crippen LogP contribution < -0.4 is 4.90 Å². The summed E-state index contributed by atoms with van der Waals surface area (Å²) in [7, 11) is 4.11. The van der Waals surface area contributed by atoms with Gasteiger partial charge in [-0.3, -0.25) is 9.78 Å². The highest BCUT2D eigenvalue weighted by molar-refractivity contribution is 6.06. The minimum Gasteiger partial charge on any atom is -0.310 e. The molecule has 0 spiro atoms. The highest BCUT2D eigenvalue weighted by atomic mass is 19.1. The molecule has 2 aromatic rings. The van der Waals surface area contributed by atoms with Crippen LogP contribution in [0.5, 0.6) is 0 Å². The van der Waals surface area contributed by atoms with Gasteiger partial charge in [-0.15, -0.1) is 13.2 Å². The summed E-state index contributed by atoms with van der Waals surface area (Å²) in [4.78, 5) is 21.0. The van der Waals surface area contributed by atoms with E-state index in [-0.39, 0.29) is 11.7 Å². The molecule has 1 aromatic carbocycles. The Kier molecular flexibility index (Phi) is 19.0. The van der Waals surface area contributed by atoms with Crippen LogP contribution in [0, 0.1) is 5.82 Å². The molecule has 32 heavy (non-hydrogen) atoms.